The first kappa shape index (κ1) is 12.8. The highest BCUT2D eigenvalue weighted by Gasteiger charge is 2.30. The summed E-state index contributed by atoms with van der Waals surface area (Å²) in [4.78, 5) is 25.9. The van der Waals surface area contributed by atoms with Crippen LogP contribution in [-0.4, -0.2) is 37.7 Å². The second-order valence-electron chi connectivity index (χ2n) is 3.95. The van der Waals surface area contributed by atoms with Gasteiger partial charge < -0.3 is 20.6 Å². The number of nitrogens with one attached hydrogen (secondary N) is 1. The van der Waals surface area contributed by atoms with Crippen molar-refractivity contribution < 1.29 is 24.9 Å². The van der Waals surface area contributed by atoms with Gasteiger partial charge in [-0.25, -0.2) is 9.78 Å². The number of carboxylic acids is 1. The maximum absolute atomic E-state index is 11.6. The van der Waals surface area contributed by atoms with Crippen molar-refractivity contribution in [1.82, 2.24) is 10.3 Å². The molecule has 7 nitrogen and oxygen atoms in total. The zero-order valence-electron chi connectivity index (χ0n) is 9.26. The number of nitrogens with zero attached hydrogens (tertiary/aromatic N) is 1. The molecular weight excluding hydrogens is 228 g/mol. The van der Waals surface area contributed by atoms with Crippen molar-refractivity contribution in [2.75, 3.05) is 0 Å². The van der Waals surface area contributed by atoms with Crippen molar-refractivity contribution in [3.05, 3.63) is 18.0 Å². The molecule has 0 saturated heterocycles. The molecule has 7 heteroatoms. The smallest absolute Gasteiger partial charge is 0.328 e. The van der Waals surface area contributed by atoms with E-state index in [1.54, 1.807) is 0 Å². The van der Waals surface area contributed by atoms with Gasteiger partial charge in [-0.2, -0.15) is 0 Å². The Kier molecular flexibility index (Phi) is 3.21. The predicted molar refractivity (Wildman–Crippen MR) is 56.7 cm³/mol. The fourth-order valence-corrected chi connectivity index (χ4v) is 1.01. The van der Waals surface area contributed by atoms with Gasteiger partial charge in [-0.15, -0.1) is 0 Å². The van der Waals surface area contributed by atoms with E-state index < -0.39 is 23.2 Å². The van der Waals surface area contributed by atoms with E-state index in [0.29, 0.717) is 0 Å². The molecule has 1 amide bonds. The van der Waals surface area contributed by atoms with E-state index in [0.717, 1.165) is 12.3 Å². The lowest BCUT2D eigenvalue weighted by atomic mass is 10.1. The van der Waals surface area contributed by atoms with Gasteiger partial charge >= 0.3 is 5.97 Å². The lowest BCUT2D eigenvalue weighted by molar-refractivity contribution is -0.143. The lowest BCUT2D eigenvalue weighted by Crippen LogP contribution is -2.49. The summed E-state index contributed by atoms with van der Waals surface area (Å²) in [5.41, 5.74) is -1.83. The number of rotatable bonds is 3. The largest absolute Gasteiger partial charge is 0.506 e. The number of carbonyl (C=O) groups excluding carboxylic acids is 1. The van der Waals surface area contributed by atoms with Crippen LogP contribution in [0.2, 0.25) is 0 Å². The molecule has 1 heterocycles. The van der Waals surface area contributed by atoms with Gasteiger partial charge in [-0.05, 0) is 13.8 Å². The zero-order valence-corrected chi connectivity index (χ0v) is 9.26. The first-order chi connectivity index (χ1) is 7.74. The fraction of sp³-hybridized carbons (Fsp3) is 0.300. The van der Waals surface area contributed by atoms with Crippen LogP contribution in [0.4, 0.5) is 0 Å². The molecule has 1 aromatic heterocycles. The third-order valence-corrected chi connectivity index (χ3v) is 2.03. The summed E-state index contributed by atoms with van der Waals surface area (Å²) in [5.74, 6) is -2.88. The van der Waals surface area contributed by atoms with Gasteiger partial charge in [0.25, 0.3) is 5.91 Å². The van der Waals surface area contributed by atoms with Crippen LogP contribution in [0.3, 0.4) is 0 Å². The summed E-state index contributed by atoms with van der Waals surface area (Å²) < 4.78 is 0. The molecule has 0 aromatic carbocycles. The van der Waals surface area contributed by atoms with Crippen molar-refractivity contribution >= 4 is 11.9 Å². The molecule has 92 valence electrons. The van der Waals surface area contributed by atoms with Crippen LogP contribution < -0.4 is 5.32 Å². The van der Waals surface area contributed by atoms with E-state index in [-0.39, 0.29) is 11.4 Å². The molecular formula is C10H12N2O5. The summed E-state index contributed by atoms with van der Waals surface area (Å²) in [5, 5.41) is 29.4. The van der Waals surface area contributed by atoms with Crippen molar-refractivity contribution in [3.63, 3.8) is 0 Å². The SMILES string of the molecule is CC(C)(NC(=O)c1ncc(O)cc1O)C(=O)O. The first-order valence-corrected chi connectivity index (χ1v) is 4.68. The zero-order chi connectivity index (χ0) is 13.2. The van der Waals surface area contributed by atoms with Crippen molar-refractivity contribution in [2.24, 2.45) is 0 Å². The number of amides is 1. The summed E-state index contributed by atoms with van der Waals surface area (Å²) in [7, 11) is 0. The molecule has 1 rings (SSSR count). The molecule has 0 spiro atoms. The Morgan fingerprint density at radius 2 is 1.94 bits per heavy atom. The van der Waals surface area contributed by atoms with E-state index in [9.17, 15) is 14.7 Å². The minimum Gasteiger partial charge on any atom is -0.506 e. The van der Waals surface area contributed by atoms with Gasteiger partial charge in [0, 0.05) is 6.07 Å². The number of aromatic hydroxyl groups is 2. The molecule has 0 unspecified atom stereocenters. The molecule has 17 heavy (non-hydrogen) atoms. The first-order valence-electron chi connectivity index (χ1n) is 4.68. The molecule has 4 N–H and O–H groups in total. The number of aromatic nitrogens is 1. The van der Waals surface area contributed by atoms with Crippen LogP contribution in [0.25, 0.3) is 0 Å². The number of hydrogen-bond acceptors (Lipinski definition) is 5. The van der Waals surface area contributed by atoms with Crippen molar-refractivity contribution in [2.45, 2.75) is 19.4 Å². The Labute approximate surface area is 96.7 Å². The van der Waals surface area contributed by atoms with Gasteiger partial charge in [0.2, 0.25) is 0 Å². The standard InChI is InChI=1S/C10H12N2O5/c1-10(2,9(16)17)12-8(15)7-6(14)3-5(13)4-11-7/h3-4,13-14H,1-2H3,(H,12,15)(H,16,17). The monoisotopic (exact) mass is 240 g/mol. The van der Waals surface area contributed by atoms with Crippen LogP contribution in [-0.2, 0) is 4.79 Å². The Balaban J connectivity index is 2.95. The number of carbonyl (C=O) groups is 2. The Morgan fingerprint density at radius 1 is 1.35 bits per heavy atom. The van der Waals surface area contributed by atoms with Crippen molar-refractivity contribution in [3.8, 4) is 11.5 Å². The van der Waals surface area contributed by atoms with Crippen molar-refractivity contribution in [1.29, 1.82) is 0 Å². The molecule has 0 fully saturated rings. The lowest BCUT2D eigenvalue weighted by Gasteiger charge is -2.20. The van der Waals surface area contributed by atoms with Crippen LogP contribution in [0.15, 0.2) is 12.3 Å². The molecule has 0 aliphatic heterocycles. The third kappa shape index (κ3) is 2.83. The van der Waals surface area contributed by atoms with Gasteiger partial charge in [0.05, 0.1) is 6.20 Å². The number of hydrogen-bond donors (Lipinski definition) is 4. The summed E-state index contributed by atoms with van der Waals surface area (Å²) in [6, 6.07) is 0.940. The fourth-order valence-electron chi connectivity index (χ4n) is 1.01. The average Bonchev–Trinajstić information content (AvgIpc) is 2.15. The average molecular weight is 240 g/mol. The van der Waals surface area contributed by atoms with E-state index in [2.05, 4.69) is 10.3 Å². The molecule has 0 atom stereocenters. The number of carboxylic acid groups (broad SMARTS) is 1. The highest BCUT2D eigenvalue weighted by molar-refractivity contribution is 5.98. The summed E-state index contributed by atoms with van der Waals surface area (Å²) in [6.45, 7) is 2.59. The van der Waals surface area contributed by atoms with E-state index in [4.69, 9.17) is 10.2 Å². The maximum atomic E-state index is 11.6. The summed E-state index contributed by atoms with van der Waals surface area (Å²) >= 11 is 0. The second kappa shape index (κ2) is 4.28. The minimum absolute atomic E-state index is 0.295. The van der Waals surface area contributed by atoms with E-state index >= 15 is 0 Å². The van der Waals surface area contributed by atoms with E-state index in [1.165, 1.54) is 13.8 Å². The minimum atomic E-state index is -1.48. The van der Waals surface area contributed by atoms with Gasteiger partial charge in [-0.3, -0.25) is 4.79 Å². The Hall–Kier alpha value is -2.31. The number of pyridine rings is 1. The molecule has 0 aliphatic rings. The molecule has 0 saturated carbocycles. The predicted octanol–water partition coefficient (Wildman–Crippen LogP) is 0.0858. The van der Waals surface area contributed by atoms with Gasteiger partial charge in [0.15, 0.2) is 11.4 Å². The molecule has 0 radical (unpaired) electrons. The van der Waals surface area contributed by atoms with Crippen LogP contribution in [0.5, 0.6) is 11.5 Å². The molecule has 0 bridgehead atoms. The number of aliphatic carboxylic acids is 1. The summed E-state index contributed by atoms with van der Waals surface area (Å²) in [6.07, 6.45) is 0.975. The second-order valence-corrected chi connectivity index (χ2v) is 3.95. The molecule has 1 aromatic rings. The Bertz CT molecular complexity index is 470. The van der Waals surface area contributed by atoms with E-state index in [1.807, 2.05) is 0 Å². The normalized spacial score (nSPS) is 10.9. The quantitative estimate of drug-likeness (QED) is 0.594. The third-order valence-electron chi connectivity index (χ3n) is 2.03. The highest BCUT2D eigenvalue weighted by atomic mass is 16.4. The van der Waals surface area contributed by atoms with Gasteiger partial charge in [-0.1, -0.05) is 0 Å². The van der Waals surface area contributed by atoms with Gasteiger partial charge in [0.1, 0.15) is 11.3 Å². The maximum Gasteiger partial charge on any atom is 0.328 e. The topological polar surface area (TPSA) is 120 Å². The molecule has 0 aliphatic carbocycles. The highest BCUT2D eigenvalue weighted by Crippen LogP contribution is 2.20. The van der Waals surface area contributed by atoms with Crippen LogP contribution in [0, 0.1) is 0 Å². The van der Waals surface area contributed by atoms with Crippen LogP contribution in [0.1, 0.15) is 24.3 Å². The Morgan fingerprint density at radius 3 is 2.41 bits per heavy atom. The van der Waals surface area contributed by atoms with Crippen LogP contribution >= 0.6 is 0 Å².